The summed E-state index contributed by atoms with van der Waals surface area (Å²) in [4.78, 5) is 4.40. The van der Waals surface area contributed by atoms with Gasteiger partial charge in [-0.3, -0.25) is 4.98 Å². The Hall–Kier alpha value is -2.44. The number of unbranched alkanes of at least 4 members (excludes halogenated alkanes) is 9. The van der Waals surface area contributed by atoms with Crippen molar-refractivity contribution in [3.05, 3.63) is 55.2 Å². The van der Waals surface area contributed by atoms with E-state index in [0.29, 0.717) is 33.0 Å². The average Bonchev–Trinajstić information content (AvgIpc) is 3.36. The van der Waals surface area contributed by atoms with Crippen LogP contribution in [0.2, 0.25) is 0 Å². The Morgan fingerprint density at radius 2 is 1.47 bits per heavy atom. The molecule has 0 spiro atoms. The smallest absolute Gasteiger partial charge is 0.243 e. The minimum Gasteiger partial charge on any atom is -0.489 e. The van der Waals surface area contributed by atoms with Crippen LogP contribution >= 0.6 is 0 Å². The summed E-state index contributed by atoms with van der Waals surface area (Å²) in [6.07, 6.45) is 22.1. The number of rotatable bonds is 21. The number of fused-ring (bicyclic) bond motifs is 1. The Labute approximate surface area is 217 Å². The van der Waals surface area contributed by atoms with Gasteiger partial charge in [0, 0.05) is 11.6 Å². The molecule has 0 unspecified atom stereocenters. The van der Waals surface area contributed by atoms with Crippen LogP contribution in [0.3, 0.4) is 0 Å². The van der Waals surface area contributed by atoms with Gasteiger partial charge in [-0.25, -0.2) is 9.13 Å². The average molecular weight is 497 g/mol. The number of imidazole rings is 1. The number of hydrogen-bond acceptors (Lipinski definition) is 4. The fourth-order valence-corrected chi connectivity index (χ4v) is 4.38. The third kappa shape index (κ3) is 11.1. The molecule has 0 fully saturated rings. The van der Waals surface area contributed by atoms with E-state index >= 15 is 0 Å². The zero-order valence-corrected chi connectivity index (χ0v) is 22.3. The van der Waals surface area contributed by atoms with Crippen LogP contribution in [0.4, 0.5) is 0 Å². The highest BCUT2D eigenvalue weighted by molar-refractivity contribution is 5.84. The first-order chi connectivity index (χ1) is 17.9. The lowest BCUT2D eigenvalue weighted by molar-refractivity contribution is -0.696. The minimum absolute atomic E-state index is 0.498. The van der Waals surface area contributed by atoms with Gasteiger partial charge >= 0.3 is 0 Å². The summed E-state index contributed by atoms with van der Waals surface area (Å²) in [7, 11) is 0. The summed E-state index contributed by atoms with van der Waals surface area (Å²) in [6.45, 7) is 7.13. The van der Waals surface area contributed by atoms with Crippen molar-refractivity contribution in [2.75, 3.05) is 33.0 Å². The molecule has 2 aromatic heterocycles. The standard InChI is InChI=1S/C30H46N3O3/c1-2-3-4-5-6-7-8-9-10-11-18-32-19-20-33(27-32)21-22-34-23-24-35-25-26-36-29-16-12-14-28-15-13-17-31-30(28)29/h12-17,19-20,27H,2-11,18,21-26H2,1H3/q+1. The molecule has 0 radical (unpaired) electrons. The second-order valence-electron chi connectivity index (χ2n) is 9.48. The Kier molecular flexibility index (Phi) is 14.0. The first kappa shape index (κ1) is 28.1. The van der Waals surface area contributed by atoms with Crippen molar-refractivity contribution < 1.29 is 18.8 Å². The molecule has 3 rings (SSSR count). The van der Waals surface area contributed by atoms with E-state index in [-0.39, 0.29) is 0 Å². The summed E-state index contributed by atoms with van der Waals surface area (Å²) in [5, 5.41) is 1.08. The zero-order chi connectivity index (χ0) is 25.1. The third-order valence-corrected chi connectivity index (χ3v) is 6.46. The van der Waals surface area contributed by atoms with Crippen molar-refractivity contribution in [3.8, 4) is 5.75 Å². The number of aryl methyl sites for hydroxylation is 1. The molecule has 2 heterocycles. The summed E-state index contributed by atoms with van der Waals surface area (Å²) in [6, 6.07) is 9.94. The number of hydrogen-bond donors (Lipinski definition) is 0. The molecule has 0 N–H and O–H groups in total. The van der Waals surface area contributed by atoms with Gasteiger partial charge in [-0.2, -0.15) is 0 Å². The van der Waals surface area contributed by atoms with Gasteiger partial charge < -0.3 is 14.2 Å². The quantitative estimate of drug-likeness (QED) is 0.127. The molecule has 0 atom stereocenters. The van der Waals surface area contributed by atoms with Crippen molar-refractivity contribution in [3.63, 3.8) is 0 Å². The fraction of sp³-hybridized carbons (Fsp3) is 0.600. The molecular formula is C30H46N3O3+. The van der Waals surface area contributed by atoms with Crippen molar-refractivity contribution >= 4 is 10.9 Å². The molecule has 0 bridgehead atoms. The van der Waals surface area contributed by atoms with Gasteiger partial charge in [0.05, 0.1) is 33.0 Å². The normalized spacial score (nSPS) is 11.4. The fourth-order valence-electron chi connectivity index (χ4n) is 4.38. The van der Waals surface area contributed by atoms with E-state index in [2.05, 4.69) is 39.8 Å². The van der Waals surface area contributed by atoms with E-state index < -0.39 is 0 Å². The van der Waals surface area contributed by atoms with E-state index in [1.807, 2.05) is 30.3 Å². The molecule has 6 heteroatoms. The minimum atomic E-state index is 0.498. The van der Waals surface area contributed by atoms with Gasteiger partial charge in [-0.05, 0) is 25.0 Å². The molecule has 0 aliphatic rings. The van der Waals surface area contributed by atoms with Crippen LogP contribution in [0.25, 0.3) is 10.9 Å². The molecular weight excluding hydrogens is 450 g/mol. The monoisotopic (exact) mass is 496 g/mol. The van der Waals surface area contributed by atoms with Crippen LogP contribution in [-0.2, 0) is 22.6 Å². The van der Waals surface area contributed by atoms with Gasteiger partial charge in [0.25, 0.3) is 0 Å². The summed E-state index contributed by atoms with van der Waals surface area (Å²) >= 11 is 0. The van der Waals surface area contributed by atoms with Crippen LogP contribution in [0.15, 0.2) is 55.2 Å². The maximum Gasteiger partial charge on any atom is 0.243 e. The Morgan fingerprint density at radius 1 is 0.778 bits per heavy atom. The molecule has 3 aromatic rings. The highest BCUT2D eigenvalue weighted by Gasteiger charge is 2.04. The van der Waals surface area contributed by atoms with Crippen LogP contribution in [0.5, 0.6) is 5.75 Å². The number of pyridine rings is 1. The maximum atomic E-state index is 5.84. The van der Waals surface area contributed by atoms with E-state index in [1.54, 1.807) is 6.20 Å². The molecule has 198 valence electrons. The molecule has 6 nitrogen and oxygen atoms in total. The van der Waals surface area contributed by atoms with Gasteiger partial charge in [0.1, 0.15) is 36.8 Å². The molecule has 1 aromatic carbocycles. The number of ether oxygens (including phenoxy) is 3. The first-order valence-corrected chi connectivity index (χ1v) is 14.0. The predicted octanol–water partition coefficient (Wildman–Crippen LogP) is 6.36. The van der Waals surface area contributed by atoms with E-state index in [9.17, 15) is 0 Å². The van der Waals surface area contributed by atoms with Crippen LogP contribution in [0.1, 0.15) is 71.1 Å². The summed E-state index contributed by atoms with van der Waals surface area (Å²) in [5.74, 6) is 0.796. The highest BCUT2D eigenvalue weighted by Crippen LogP contribution is 2.22. The van der Waals surface area contributed by atoms with Crippen molar-refractivity contribution in [1.82, 2.24) is 9.55 Å². The van der Waals surface area contributed by atoms with Crippen LogP contribution in [0, 0.1) is 0 Å². The van der Waals surface area contributed by atoms with E-state index in [1.165, 1.54) is 64.2 Å². The summed E-state index contributed by atoms with van der Waals surface area (Å²) in [5.41, 5.74) is 0.887. The lowest BCUT2D eigenvalue weighted by Gasteiger charge is -2.09. The number of aromatic nitrogens is 3. The number of para-hydroxylation sites is 1. The van der Waals surface area contributed by atoms with Gasteiger partial charge in [0.2, 0.25) is 6.33 Å². The maximum absolute atomic E-state index is 5.84. The van der Waals surface area contributed by atoms with E-state index in [0.717, 1.165) is 29.7 Å². The molecule has 0 saturated heterocycles. The van der Waals surface area contributed by atoms with Gasteiger partial charge in [0.15, 0.2) is 0 Å². The molecule has 0 aliphatic carbocycles. The van der Waals surface area contributed by atoms with Crippen LogP contribution < -0.4 is 9.30 Å². The van der Waals surface area contributed by atoms with Gasteiger partial charge in [-0.1, -0.05) is 76.5 Å². The molecule has 36 heavy (non-hydrogen) atoms. The highest BCUT2D eigenvalue weighted by atomic mass is 16.5. The topological polar surface area (TPSA) is 49.4 Å². The molecule has 0 aliphatic heterocycles. The number of benzene rings is 1. The van der Waals surface area contributed by atoms with Crippen LogP contribution in [-0.4, -0.2) is 42.6 Å². The predicted molar refractivity (Wildman–Crippen MR) is 145 cm³/mol. The first-order valence-electron chi connectivity index (χ1n) is 14.0. The Morgan fingerprint density at radius 3 is 2.28 bits per heavy atom. The molecule has 0 saturated carbocycles. The second-order valence-corrected chi connectivity index (χ2v) is 9.48. The van der Waals surface area contributed by atoms with Crippen molar-refractivity contribution in [2.24, 2.45) is 0 Å². The van der Waals surface area contributed by atoms with E-state index in [4.69, 9.17) is 14.2 Å². The number of nitrogens with zero attached hydrogens (tertiary/aromatic N) is 3. The lowest BCUT2D eigenvalue weighted by atomic mass is 10.1. The SMILES string of the molecule is CCCCCCCCCCCC[n+]1ccn(CCOCCOCCOc2cccc3cccnc23)c1. The van der Waals surface area contributed by atoms with Gasteiger partial charge in [-0.15, -0.1) is 0 Å². The lowest BCUT2D eigenvalue weighted by Crippen LogP contribution is -2.31. The Balaban J connectivity index is 1.13. The largest absolute Gasteiger partial charge is 0.489 e. The molecule has 0 amide bonds. The van der Waals surface area contributed by atoms with Crippen molar-refractivity contribution in [2.45, 2.75) is 84.2 Å². The second kappa shape index (κ2) is 17.9. The third-order valence-electron chi connectivity index (χ3n) is 6.46. The van der Waals surface area contributed by atoms with Crippen molar-refractivity contribution in [1.29, 1.82) is 0 Å². The zero-order valence-electron chi connectivity index (χ0n) is 22.3. The Bertz CT molecular complexity index is 954. The summed E-state index contributed by atoms with van der Waals surface area (Å²) < 4.78 is 21.7.